The first kappa shape index (κ1) is 23.7. The average molecular weight is 553 g/mol. The van der Waals surface area contributed by atoms with Crippen LogP contribution in [0.25, 0.3) is 44.7 Å². The molecule has 0 amide bonds. The Kier molecular flexibility index (Phi) is 5.08. The summed E-state index contributed by atoms with van der Waals surface area (Å²) in [6, 6.07) is 52.3. The molecule has 3 heteroatoms. The molecule has 1 aromatic heterocycles. The van der Waals surface area contributed by atoms with Crippen molar-refractivity contribution < 1.29 is 0 Å². The Morgan fingerprint density at radius 2 is 1.07 bits per heavy atom. The van der Waals surface area contributed by atoms with Gasteiger partial charge in [-0.2, -0.15) is 0 Å². The molecule has 42 heavy (non-hydrogen) atoms. The lowest BCUT2D eigenvalue weighted by Gasteiger charge is -2.39. The SMILES string of the molecule is c1ccc(-c2nc(-c3ccc4c(c3)-c3ccccc3C43c4ccccc4Sc4ccccc43)nc3ccccc23)cc1. The normalized spacial score (nSPS) is 13.8. The lowest BCUT2D eigenvalue weighted by atomic mass is 9.67. The van der Waals surface area contributed by atoms with E-state index in [-0.39, 0.29) is 5.41 Å². The molecule has 1 aliphatic heterocycles. The third-order valence-corrected chi connectivity index (χ3v) is 9.91. The summed E-state index contributed by atoms with van der Waals surface area (Å²) < 4.78 is 0. The first-order chi connectivity index (χ1) is 20.8. The molecule has 2 nitrogen and oxygen atoms in total. The highest BCUT2D eigenvalue weighted by Crippen LogP contribution is 2.62. The number of fused-ring (bicyclic) bond motifs is 10. The van der Waals surface area contributed by atoms with Crippen LogP contribution in [0.1, 0.15) is 22.3 Å². The van der Waals surface area contributed by atoms with E-state index in [9.17, 15) is 0 Å². The summed E-state index contributed by atoms with van der Waals surface area (Å²) >= 11 is 1.87. The molecular weight excluding hydrogens is 529 g/mol. The van der Waals surface area contributed by atoms with Gasteiger partial charge in [0.2, 0.25) is 0 Å². The monoisotopic (exact) mass is 552 g/mol. The molecule has 2 aliphatic rings. The van der Waals surface area contributed by atoms with E-state index in [1.54, 1.807) is 0 Å². The number of aromatic nitrogens is 2. The van der Waals surface area contributed by atoms with Crippen LogP contribution in [0, 0.1) is 0 Å². The van der Waals surface area contributed by atoms with E-state index in [1.165, 1.54) is 43.2 Å². The Hall–Kier alpha value is -4.99. The second kappa shape index (κ2) is 9.01. The minimum absolute atomic E-state index is 0.373. The van der Waals surface area contributed by atoms with Crippen molar-refractivity contribution in [2.45, 2.75) is 15.2 Å². The van der Waals surface area contributed by atoms with Gasteiger partial charge in [0.1, 0.15) is 0 Å². The lowest BCUT2D eigenvalue weighted by Crippen LogP contribution is -2.31. The molecule has 0 unspecified atom stereocenters. The highest BCUT2D eigenvalue weighted by Gasteiger charge is 2.50. The van der Waals surface area contributed by atoms with Gasteiger partial charge in [-0.25, -0.2) is 9.97 Å². The summed E-state index contributed by atoms with van der Waals surface area (Å²) in [7, 11) is 0. The number of rotatable bonds is 2. The Labute approximate surface area is 248 Å². The van der Waals surface area contributed by atoms with Crippen LogP contribution < -0.4 is 0 Å². The largest absolute Gasteiger partial charge is 0.228 e. The molecule has 7 aromatic rings. The third kappa shape index (κ3) is 3.23. The fourth-order valence-corrected chi connectivity index (χ4v) is 8.21. The maximum atomic E-state index is 5.18. The van der Waals surface area contributed by atoms with Gasteiger partial charge in [-0.05, 0) is 57.6 Å². The van der Waals surface area contributed by atoms with Crippen molar-refractivity contribution in [3.8, 4) is 33.8 Å². The highest BCUT2D eigenvalue weighted by atomic mass is 32.2. The van der Waals surface area contributed by atoms with Crippen molar-refractivity contribution in [1.82, 2.24) is 9.97 Å². The van der Waals surface area contributed by atoms with Gasteiger partial charge in [-0.1, -0.05) is 133 Å². The van der Waals surface area contributed by atoms with Gasteiger partial charge < -0.3 is 0 Å². The molecular formula is C39H24N2S. The van der Waals surface area contributed by atoms with Crippen LogP contribution >= 0.6 is 11.8 Å². The van der Waals surface area contributed by atoms with E-state index in [2.05, 4.69) is 133 Å². The molecule has 9 rings (SSSR count). The maximum Gasteiger partial charge on any atom is 0.160 e. The standard InChI is InChI=1S/C39H24N2S/c1-2-12-25(13-3-1)37-28-15-5-9-19-34(28)40-38(41-37)26-22-23-31-29(24-26)27-14-4-6-16-30(27)39(31)32-17-7-10-20-35(32)42-36-21-11-8-18-33(36)39/h1-24H. The minimum atomic E-state index is -0.373. The third-order valence-electron chi connectivity index (χ3n) is 8.76. The average Bonchev–Trinajstić information content (AvgIpc) is 3.35. The summed E-state index contributed by atoms with van der Waals surface area (Å²) in [6.07, 6.45) is 0. The van der Waals surface area contributed by atoms with Crippen molar-refractivity contribution in [2.75, 3.05) is 0 Å². The van der Waals surface area contributed by atoms with Crippen molar-refractivity contribution in [2.24, 2.45) is 0 Å². The van der Waals surface area contributed by atoms with E-state index in [0.29, 0.717) is 0 Å². The van der Waals surface area contributed by atoms with Crippen molar-refractivity contribution in [1.29, 1.82) is 0 Å². The van der Waals surface area contributed by atoms with Crippen LogP contribution in [0.5, 0.6) is 0 Å². The predicted octanol–water partition coefficient (Wildman–Crippen LogP) is 9.79. The van der Waals surface area contributed by atoms with E-state index < -0.39 is 0 Å². The van der Waals surface area contributed by atoms with Crippen molar-refractivity contribution >= 4 is 22.7 Å². The Morgan fingerprint density at radius 1 is 0.452 bits per heavy atom. The summed E-state index contributed by atoms with van der Waals surface area (Å²) in [6.45, 7) is 0. The molecule has 0 atom stereocenters. The number of hydrogen-bond donors (Lipinski definition) is 0. The molecule has 196 valence electrons. The number of benzene rings is 6. The topological polar surface area (TPSA) is 25.8 Å². The second-order valence-corrected chi connectivity index (χ2v) is 12.0. The van der Waals surface area contributed by atoms with Gasteiger partial charge in [0.05, 0.1) is 16.6 Å². The van der Waals surface area contributed by atoms with Crippen LogP contribution in [0.15, 0.2) is 155 Å². The summed E-state index contributed by atoms with van der Waals surface area (Å²) in [5.41, 5.74) is 11.5. The molecule has 0 saturated carbocycles. The molecule has 0 radical (unpaired) electrons. The first-order valence-electron chi connectivity index (χ1n) is 14.3. The van der Waals surface area contributed by atoms with E-state index in [4.69, 9.17) is 9.97 Å². The first-order valence-corrected chi connectivity index (χ1v) is 15.1. The Balaban J connectivity index is 1.32. The van der Waals surface area contributed by atoms with Gasteiger partial charge in [0.15, 0.2) is 5.82 Å². The Morgan fingerprint density at radius 3 is 1.86 bits per heavy atom. The second-order valence-electron chi connectivity index (χ2n) is 10.9. The quantitative estimate of drug-likeness (QED) is 0.213. The zero-order chi connectivity index (χ0) is 27.7. The molecule has 0 saturated heterocycles. The fraction of sp³-hybridized carbons (Fsp3) is 0.0256. The zero-order valence-corrected chi connectivity index (χ0v) is 23.5. The van der Waals surface area contributed by atoms with Gasteiger partial charge in [0, 0.05) is 26.3 Å². The molecule has 6 aromatic carbocycles. The van der Waals surface area contributed by atoms with E-state index in [1.807, 2.05) is 23.9 Å². The molecule has 1 aliphatic carbocycles. The maximum absolute atomic E-state index is 5.18. The van der Waals surface area contributed by atoms with E-state index >= 15 is 0 Å². The molecule has 0 bridgehead atoms. The van der Waals surface area contributed by atoms with Crippen LogP contribution in [0.4, 0.5) is 0 Å². The number of hydrogen-bond acceptors (Lipinski definition) is 3. The number of nitrogens with zero attached hydrogens (tertiary/aromatic N) is 2. The zero-order valence-electron chi connectivity index (χ0n) is 22.7. The molecule has 0 N–H and O–H groups in total. The predicted molar refractivity (Wildman–Crippen MR) is 172 cm³/mol. The lowest BCUT2D eigenvalue weighted by molar-refractivity contribution is 0.722. The fourth-order valence-electron chi connectivity index (χ4n) is 7.02. The van der Waals surface area contributed by atoms with Crippen molar-refractivity contribution in [3.05, 3.63) is 168 Å². The van der Waals surface area contributed by atoms with Crippen LogP contribution in [-0.2, 0) is 5.41 Å². The summed E-state index contributed by atoms with van der Waals surface area (Å²) in [5.74, 6) is 0.744. The van der Waals surface area contributed by atoms with Crippen molar-refractivity contribution in [3.63, 3.8) is 0 Å². The van der Waals surface area contributed by atoms with Gasteiger partial charge in [-0.3, -0.25) is 0 Å². The van der Waals surface area contributed by atoms with Gasteiger partial charge in [0.25, 0.3) is 0 Å². The van der Waals surface area contributed by atoms with Gasteiger partial charge in [-0.15, -0.1) is 0 Å². The van der Waals surface area contributed by atoms with Crippen LogP contribution in [-0.4, -0.2) is 9.97 Å². The summed E-state index contributed by atoms with van der Waals surface area (Å²) in [5, 5.41) is 1.06. The van der Waals surface area contributed by atoms with E-state index in [0.717, 1.165) is 33.5 Å². The molecule has 0 fully saturated rings. The molecule has 1 spiro atoms. The summed E-state index contributed by atoms with van der Waals surface area (Å²) in [4.78, 5) is 12.9. The minimum Gasteiger partial charge on any atom is -0.228 e. The van der Waals surface area contributed by atoms with Crippen LogP contribution in [0.2, 0.25) is 0 Å². The van der Waals surface area contributed by atoms with Crippen LogP contribution in [0.3, 0.4) is 0 Å². The molecule has 2 heterocycles. The number of para-hydroxylation sites is 1. The highest BCUT2D eigenvalue weighted by molar-refractivity contribution is 7.99. The smallest absolute Gasteiger partial charge is 0.160 e. The van der Waals surface area contributed by atoms with Gasteiger partial charge >= 0.3 is 0 Å². The Bertz CT molecular complexity index is 2140.